The van der Waals surface area contributed by atoms with Gasteiger partial charge in [0.25, 0.3) is 5.91 Å². The molecule has 5 nitrogen and oxygen atoms in total. The molecule has 0 aliphatic carbocycles. The molecule has 3 aromatic carbocycles. The predicted octanol–water partition coefficient (Wildman–Crippen LogP) is 6.20. The summed E-state index contributed by atoms with van der Waals surface area (Å²) in [6.45, 7) is 12.4. The maximum atomic E-state index is 13.9. The highest BCUT2D eigenvalue weighted by Crippen LogP contribution is 2.34. The molecule has 4 aromatic rings. The van der Waals surface area contributed by atoms with Crippen molar-refractivity contribution in [2.75, 3.05) is 13.1 Å². The van der Waals surface area contributed by atoms with Gasteiger partial charge in [-0.2, -0.15) is 0 Å². The van der Waals surface area contributed by atoms with E-state index in [1.807, 2.05) is 42.2 Å². The van der Waals surface area contributed by atoms with Gasteiger partial charge in [0.2, 0.25) is 0 Å². The van der Waals surface area contributed by atoms with Crippen molar-refractivity contribution >= 4 is 16.9 Å². The maximum Gasteiger partial charge on any atom is 0.254 e. The quantitative estimate of drug-likeness (QED) is 0.309. The molecule has 1 amide bonds. The van der Waals surface area contributed by atoms with Crippen molar-refractivity contribution in [2.45, 2.75) is 53.6 Å². The Morgan fingerprint density at radius 2 is 1.67 bits per heavy atom. The summed E-state index contributed by atoms with van der Waals surface area (Å²) in [6.07, 6.45) is 0.734. The molecule has 36 heavy (non-hydrogen) atoms. The molecule has 0 saturated carbocycles. The van der Waals surface area contributed by atoms with Crippen molar-refractivity contribution < 1.29 is 4.79 Å². The van der Waals surface area contributed by atoms with Crippen LogP contribution in [-0.2, 0) is 6.54 Å². The molecule has 0 fully saturated rings. The lowest BCUT2D eigenvalue weighted by atomic mass is 9.99. The van der Waals surface area contributed by atoms with Gasteiger partial charge in [-0.05, 0) is 74.5 Å². The highest BCUT2D eigenvalue weighted by molar-refractivity contribution is 5.94. The van der Waals surface area contributed by atoms with E-state index in [4.69, 9.17) is 10.7 Å². The second-order valence-electron chi connectivity index (χ2n) is 10.1. The second-order valence-corrected chi connectivity index (χ2v) is 10.1. The molecule has 2 N–H and O–H groups in total. The summed E-state index contributed by atoms with van der Waals surface area (Å²) in [5, 5.41) is 0. The lowest BCUT2D eigenvalue weighted by Crippen LogP contribution is -2.40. The average molecular weight is 483 g/mol. The molecule has 188 valence electrons. The summed E-state index contributed by atoms with van der Waals surface area (Å²) in [5.41, 5.74) is 13.5. The first kappa shape index (κ1) is 25.6. The molecular formula is C31H38N4O. The molecular weight excluding hydrogens is 444 g/mol. The van der Waals surface area contributed by atoms with Crippen molar-refractivity contribution in [1.29, 1.82) is 0 Å². The van der Waals surface area contributed by atoms with Gasteiger partial charge < -0.3 is 15.2 Å². The van der Waals surface area contributed by atoms with Gasteiger partial charge in [0.05, 0.1) is 17.1 Å². The normalized spacial score (nSPS) is 12.3. The fourth-order valence-corrected chi connectivity index (χ4v) is 4.89. The molecule has 1 aromatic heterocycles. The fourth-order valence-electron chi connectivity index (χ4n) is 4.89. The van der Waals surface area contributed by atoms with Crippen LogP contribution in [-0.4, -0.2) is 33.4 Å². The van der Waals surface area contributed by atoms with Crippen LogP contribution in [0, 0.1) is 26.7 Å². The van der Waals surface area contributed by atoms with Crippen molar-refractivity contribution in [2.24, 2.45) is 11.7 Å². The van der Waals surface area contributed by atoms with Crippen LogP contribution >= 0.6 is 0 Å². The molecule has 1 heterocycles. The Hall–Kier alpha value is -3.44. The minimum absolute atomic E-state index is 0.0216. The highest BCUT2D eigenvalue weighted by atomic mass is 16.2. The summed E-state index contributed by atoms with van der Waals surface area (Å²) in [4.78, 5) is 21.2. The van der Waals surface area contributed by atoms with E-state index in [1.165, 1.54) is 16.7 Å². The van der Waals surface area contributed by atoms with Gasteiger partial charge in [0.15, 0.2) is 0 Å². The number of aryl methyl sites for hydroxylation is 3. The first-order valence-electron chi connectivity index (χ1n) is 12.9. The second kappa shape index (κ2) is 11.1. The number of carbonyl (C=O) groups is 1. The first-order valence-corrected chi connectivity index (χ1v) is 12.9. The summed E-state index contributed by atoms with van der Waals surface area (Å²) in [5.74, 6) is 1.10. The van der Waals surface area contributed by atoms with Crippen LogP contribution in [0.2, 0.25) is 0 Å². The van der Waals surface area contributed by atoms with E-state index in [1.54, 1.807) is 0 Å². The van der Waals surface area contributed by atoms with E-state index in [0.29, 0.717) is 25.2 Å². The third-order valence-electron chi connectivity index (χ3n) is 7.05. The molecule has 1 atom stereocenters. The minimum Gasteiger partial charge on any atom is -0.330 e. The van der Waals surface area contributed by atoms with Gasteiger partial charge in [-0.25, -0.2) is 4.98 Å². The Balaban J connectivity index is 1.89. The molecule has 0 bridgehead atoms. The van der Waals surface area contributed by atoms with Gasteiger partial charge >= 0.3 is 0 Å². The van der Waals surface area contributed by atoms with E-state index < -0.39 is 0 Å². The van der Waals surface area contributed by atoms with Crippen molar-refractivity contribution in [3.63, 3.8) is 0 Å². The number of fused-ring (bicyclic) bond motifs is 1. The van der Waals surface area contributed by atoms with Crippen LogP contribution in [0.25, 0.3) is 11.0 Å². The van der Waals surface area contributed by atoms with Crippen LogP contribution in [0.4, 0.5) is 0 Å². The SMILES string of the molecule is Cc1ccc(C(=O)N(CCCN)[C@@H](c2nc3c(C)c(C)ccc3n2Cc2ccccc2)C(C)C)cc1. The smallest absolute Gasteiger partial charge is 0.254 e. The number of amides is 1. The van der Waals surface area contributed by atoms with E-state index in [0.717, 1.165) is 28.8 Å². The lowest BCUT2D eigenvalue weighted by Gasteiger charge is -2.34. The number of hydrogen-bond acceptors (Lipinski definition) is 3. The first-order chi connectivity index (χ1) is 17.3. The Morgan fingerprint density at radius 3 is 2.31 bits per heavy atom. The molecule has 0 aliphatic heterocycles. The molecule has 0 spiro atoms. The number of aromatic nitrogens is 2. The number of benzene rings is 3. The van der Waals surface area contributed by atoms with Gasteiger partial charge in [-0.15, -0.1) is 0 Å². The maximum absolute atomic E-state index is 13.9. The van der Waals surface area contributed by atoms with Crippen molar-refractivity contribution in [1.82, 2.24) is 14.5 Å². The summed E-state index contributed by atoms with van der Waals surface area (Å²) in [6, 6.07) is 22.4. The largest absolute Gasteiger partial charge is 0.330 e. The topological polar surface area (TPSA) is 64.2 Å². The third-order valence-corrected chi connectivity index (χ3v) is 7.05. The van der Waals surface area contributed by atoms with E-state index in [2.05, 4.69) is 68.7 Å². The van der Waals surface area contributed by atoms with Gasteiger partial charge in [0.1, 0.15) is 5.82 Å². The van der Waals surface area contributed by atoms with Crippen LogP contribution in [0.1, 0.15) is 64.7 Å². The molecule has 5 heteroatoms. The summed E-state index contributed by atoms with van der Waals surface area (Å²) < 4.78 is 2.31. The molecule has 0 unspecified atom stereocenters. The highest BCUT2D eigenvalue weighted by Gasteiger charge is 2.33. The summed E-state index contributed by atoms with van der Waals surface area (Å²) in [7, 11) is 0. The molecule has 4 rings (SSSR count). The van der Waals surface area contributed by atoms with Gasteiger partial charge in [-0.3, -0.25) is 4.79 Å². The van der Waals surface area contributed by atoms with Crippen LogP contribution in [0.3, 0.4) is 0 Å². The lowest BCUT2D eigenvalue weighted by molar-refractivity contribution is 0.0605. The number of carbonyl (C=O) groups excluding carboxylic acids is 1. The van der Waals surface area contributed by atoms with Crippen molar-refractivity contribution in [3.8, 4) is 0 Å². The summed E-state index contributed by atoms with van der Waals surface area (Å²) >= 11 is 0. The zero-order chi connectivity index (χ0) is 25.8. The van der Waals surface area contributed by atoms with Crippen molar-refractivity contribution in [3.05, 3.63) is 100 Å². The Kier molecular flexibility index (Phi) is 7.90. The average Bonchev–Trinajstić information content (AvgIpc) is 3.22. The Morgan fingerprint density at radius 1 is 0.972 bits per heavy atom. The predicted molar refractivity (Wildman–Crippen MR) is 148 cm³/mol. The van der Waals surface area contributed by atoms with Gasteiger partial charge in [-0.1, -0.05) is 67.9 Å². The van der Waals surface area contributed by atoms with E-state index in [-0.39, 0.29) is 17.9 Å². The third kappa shape index (κ3) is 5.21. The number of rotatable bonds is 9. The fraction of sp³-hybridized carbons (Fsp3) is 0.355. The minimum atomic E-state index is -0.193. The van der Waals surface area contributed by atoms with Crippen LogP contribution < -0.4 is 5.73 Å². The molecule has 0 radical (unpaired) electrons. The van der Waals surface area contributed by atoms with Gasteiger partial charge in [0, 0.05) is 18.7 Å². The Labute approximate surface area is 215 Å². The monoisotopic (exact) mass is 482 g/mol. The molecule has 0 aliphatic rings. The van der Waals surface area contributed by atoms with E-state index in [9.17, 15) is 4.79 Å². The zero-order valence-electron chi connectivity index (χ0n) is 22.2. The van der Waals surface area contributed by atoms with Crippen LogP contribution in [0.5, 0.6) is 0 Å². The Bertz CT molecular complexity index is 1320. The van der Waals surface area contributed by atoms with E-state index >= 15 is 0 Å². The number of hydrogen-bond donors (Lipinski definition) is 1. The standard InChI is InChI=1S/C31H38N4O/c1-21(2)29(34(19-9-18-32)31(36)26-15-12-22(3)13-16-26)30-33-28-24(5)23(4)14-17-27(28)35(30)20-25-10-7-6-8-11-25/h6-8,10-17,21,29H,9,18-20,32H2,1-5H3/t29-/m1/s1. The number of nitrogens with two attached hydrogens (primary N) is 1. The van der Waals surface area contributed by atoms with Crippen LogP contribution in [0.15, 0.2) is 66.7 Å². The number of nitrogens with zero attached hydrogens (tertiary/aromatic N) is 3. The molecule has 0 saturated heterocycles. The number of imidazole rings is 1. The zero-order valence-corrected chi connectivity index (χ0v) is 22.2.